The van der Waals surface area contributed by atoms with Crippen molar-refractivity contribution in [1.82, 2.24) is 4.98 Å². The highest BCUT2D eigenvalue weighted by molar-refractivity contribution is 7.91. The molecule has 0 unspecified atom stereocenters. The summed E-state index contributed by atoms with van der Waals surface area (Å²) in [5.74, 6) is -0.0373. The lowest BCUT2D eigenvalue weighted by Gasteiger charge is -2.04. The van der Waals surface area contributed by atoms with Gasteiger partial charge in [-0.05, 0) is 11.6 Å². The molecule has 0 saturated heterocycles. The second kappa shape index (κ2) is 4.60. The Hall–Kier alpha value is -1.12. The van der Waals surface area contributed by atoms with E-state index in [9.17, 15) is 8.42 Å². The lowest BCUT2D eigenvalue weighted by Crippen LogP contribution is -2.06. The minimum absolute atomic E-state index is 0.000540. The van der Waals surface area contributed by atoms with Gasteiger partial charge in [-0.2, -0.15) is 5.26 Å². The van der Waals surface area contributed by atoms with E-state index in [4.69, 9.17) is 16.9 Å². The van der Waals surface area contributed by atoms with Crippen LogP contribution in [0.25, 0.3) is 0 Å². The second-order valence-electron chi connectivity index (χ2n) is 2.87. The van der Waals surface area contributed by atoms with E-state index in [1.165, 1.54) is 19.2 Å². The zero-order chi connectivity index (χ0) is 11.5. The molecule has 0 aliphatic rings. The molecule has 4 nitrogen and oxygen atoms in total. The van der Waals surface area contributed by atoms with Crippen molar-refractivity contribution in [3.63, 3.8) is 0 Å². The zero-order valence-electron chi connectivity index (χ0n) is 8.07. The van der Waals surface area contributed by atoms with Crippen molar-refractivity contribution >= 4 is 21.4 Å². The highest BCUT2D eigenvalue weighted by Crippen LogP contribution is 2.21. The van der Waals surface area contributed by atoms with Crippen LogP contribution < -0.4 is 0 Å². The van der Waals surface area contributed by atoms with E-state index in [0.717, 1.165) is 0 Å². The summed E-state index contributed by atoms with van der Waals surface area (Å²) in [5.41, 5.74) is 0.550. The molecule has 80 valence electrons. The Balaban J connectivity index is 3.30. The maximum atomic E-state index is 11.6. The van der Waals surface area contributed by atoms with Crippen LogP contribution >= 0.6 is 11.6 Å². The maximum Gasteiger partial charge on any atom is 0.181 e. The predicted octanol–water partition coefficient (Wildman–Crippen LogP) is 1.59. The van der Waals surface area contributed by atoms with Gasteiger partial charge in [-0.3, -0.25) is 0 Å². The quantitative estimate of drug-likeness (QED) is 0.757. The largest absolute Gasteiger partial charge is 0.243 e. The highest BCUT2D eigenvalue weighted by atomic mass is 35.5. The Morgan fingerprint density at radius 3 is 2.80 bits per heavy atom. The summed E-state index contributed by atoms with van der Waals surface area (Å²) in [6, 6.07) is 3.32. The van der Waals surface area contributed by atoms with Crippen LogP contribution in [0.2, 0.25) is 5.15 Å². The van der Waals surface area contributed by atoms with Gasteiger partial charge in [-0.1, -0.05) is 18.5 Å². The number of nitriles is 1. The third kappa shape index (κ3) is 2.67. The lowest BCUT2D eigenvalue weighted by molar-refractivity contribution is 0.597. The molecule has 0 saturated carbocycles. The van der Waals surface area contributed by atoms with E-state index in [0.29, 0.717) is 5.56 Å². The Labute approximate surface area is 93.4 Å². The van der Waals surface area contributed by atoms with Crippen molar-refractivity contribution in [3.05, 3.63) is 23.0 Å². The highest BCUT2D eigenvalue weighted by Gasteiger charge is 2.17. The lowest BCUT2D eigenvalue weighted by atomic mass is 10.2. The SMILES string of the molecule is CCS(=O)(=O)c1cc(CC#N)cnc1Cl. The minimum Gasteiger partial charge on any atom is -0.243 e. The Kier molecular flexibility index (Phi) is 3.66. The summed E-state index contributed by atoms with van der Waals surface area (Å²) < 4.78 is 23.1. The van der Waals surface area contributed by atoms with E-state index in [1.807, 2.05) is 6.07 Å². The molecule has 15 heavy (non-hydrogen) atoms. The van der Waals surface area contributed by atoms with Gasteiger partial charge in [-0.15, -0.1) is 0 Å². The molecule has 1 aromatic heterocycles. The average Bonchev–Trinajstić information content (AvgIpc) is 2.21. The average molecular weight is 245 g/mol. The standard InChI is InChI=1S/C9H9ClN2O2S/c1-2-15(13,14)8-5-7(3-4-11)6-12-9(8)10/h5-6H,2-3H2,1H3. The fraction of sp³-hybridized carbons (Fsp3) is 0.333. The van der Waals surface area contributed by atoms with Crippen molar-refractivity contribution in [2.24, 2.45) is 0 Å². The molecule has 0 bridgehead atoms. The summed E-state index contributed by atoms with van der Waals surface area (Å²) in [5, 5.41) is 8.44. The van der Waals surface area contributed by atoms with Gasteiger partial charge in [0.25, 0.3) is 0 Å². The molecule has 0 atom stereocenters. The molecule has 0 aromatic carbocycles. The smallest absolute Gasteiger partial charge is 0.181 e. The molecule has 0 amide bonds. The summed E-state index contributed by atoms with van der Waals surface area (Å²) in [7, 11) is -3.37. The van der Waals surface area contributed by atoms with Crippen LogP contribution in [0.5, 0.6) is 0 Å². The third-order valence-corrected chi connectivity index (χ3v) is 4.02. The third-order valence-electron chi connectivity index (χ3n) is 1.86. The fourth-order valence-corrected chi connectivity index (χ4v) is 2.44. The number of sulfone groups is 1. The first-order chi connectivity index (χ1) is 7.01. The van der Waals surface area contributed by atoms with E-state index >= 15 is 0 Å². The Morgan fingerprint density at radius 1 is 1.60 bits per heavy atom. The fourth-order valence-electron chi connectivity index (χ4n) is 1.03. The summed E-state index contributed by atoms with van der Waals surface area (Å²) >= 11 is 5.69. The summed E-state index contributed by atoms with van der Waals surface area (Å²) in [6.07, 6.45) is 1.52. The van der Waals surface area contributed by atoms with Gasteiger partial charge in [0, 0.05) is 6.20 Å². The predicted molar refractivity (Wildman–Crippen MR) is 56.3 cm³/mol. The van der Waals surface area contributed by atoms with Crippen LogP contribution in [0.4, 0.5) is 0 Å². The minimum atomic E-state index is -3.37. The molecule has 1 heterocycles. The van der Waals surface area contributed by atoms with E-state index in [-0.39, 0.29) is 22.2 Å². The molecular formula is C9H9ClN2O2S. The van der Waals surface area contributed by atoms with Gasteiger partial charge >= 0.3 is 0 Å². The van der Waals surface area contributed by atoms with Crippen LogP contribution in [0.3, 0.4) is 0 Å². The number of hydrogen-bond acceptors (Lipinski definition) is 4. The molecule has 1 rings (SSSR count). The van der Waals surface area contributed by atoms with Gasteiger partial charge in [0.2, 0.25) is 0 Å². The van der Waals surface area contributed by atoms with Gasteiger partial charge in [0.05, 0.1) is 18.2 Å². The first-order valence-electron chi connectivity index (χ1n) is 4.25. The van der Waals surface area contributed by atoms with Crippen molar-refractivity contribution < 1.29 is 8.42 Å². The van der Waals surface area contributed by atoms with Crippen molar-refractivity contribution in [2.45, 2.75) is 18.2 Å². The molecule has 0 aliphatic heterocycles. The van der Waals surface area contributed by atoms with Gasteiger partial charge < -0.3 is 0 Å². The van der Waals surface area contributed by atoms with Gasteiger partial charge in [0.1, 0.15) is 10.0 Å². The van der Waals surface area contributed by atoms with Crippen LogP contribution in [0.15, 0.2) is 17.2 Å². The zero-order valence-corrected chi connectivity index (χ0v) is 9.64. The summed E-state index contributed by atoms with van der Waals surface area (Å²) in [4.78, 5) is 3.75. The van der Waals surface area contributed by atoms with Crippen LogP contribution in [-0.4, -0.2) is 19.2 Å². The normalized spacial score (nSPS) is 11.0. The Morgan fingerprint density at radius 2 is 2.27 bits per heavy atom. The van der Waals surface area contributed by atoms with Gasteiger partial charge in [0.15, 0.2) is 9.84 Å². The van der Waals surface area contributed by atoms with E-state index in [1.54, 1.807) is 0 Å². The van der Waals surface area contributed by atoms with Crippen LogP contribution in [0.1, 0.15) is 12.5 Å². The van der Waals surface area contributed by atoms with Crippen molar-refractivity contribution in [3.8, 4) is 6.07 Å². The first-order valence-corrected chi connectivity index (χ1v) is 6.28. The van der Waals surface area contributed by atoms with E-state index < -0.39 is 9.84 Å². The molecule has 0 radical (unpaired) electrons. The molecule has 0 N–H and O–H groups in total. The summed E-state index contributed by atoms with van der Waals surface area (Å²) in [6.45, 7) is 1.53. The van der Waals surface area contributed by atoms with E-state index in [2.05, 4.69) is 4.98 Å². The number of halogens is 1. The second-order valence-corrected chi connectivity index (χ2v) is 5.48. The maximum absolute atomic E-state index is 11.6. The molecule has 0 fully saturated rings. The monoisotopic (exact) mass is 244 g/mol. The van der Waals surface area contributed by atoms with Crippen LogP contribution in [-0.2, 0) is 16.3 Å². The van der Waals surface area contributed by atoms with Crippen molar-refractivity contribution in [2.75, 3.05) is 5.75 Å². The first kappa shape index (κ1) is 12.0. The van der Waals surface area contributed by atoms with Crippen molar-refractivity contribution in [1.29, 1.82) is 5.26 Å². The molecule has 1 aromatic rings. The van der Waals surface area contributed by atoms with Gasteiger partial charge in [-0.25, -0.2) is 13.4 Å². The molecule has 0 aliphatic carbocycles. The number of aromatic nitrogens is 1. The molecular weight excluding hydrogens is 236 g/mol. The molecule has 6 heteroatoms. The molecule has 0 spiro atoms. The number of nitrogens with zero attached hydrogens (tertiary/aromatic N) is 2. The number of pyridine rings is 1. The Bertz CT molecular complexity index is 505. The number of rotatable bonds is 3. The van der Waals surface area contributed by atoms with Crippen LogP contribution in [0, 0.1) is 11.3 Å². The topological polar surface area (TPSA) is 70.8 Å². The number of hydrogen-bond donors (Lipinski definition) is 0.